The van der Waals surface area contributed by atoms with Crippen LogP contribution in [0.1, 0.15) is 73.6 Å². The predicted molar refractivity (Wildman–Crippen MR) is 103 cm³/mol. The minimum absolute atomic E-state index is 0.113. The molecule has 0 aromatic heterocycles. The van der Waals surface area contributed by atoms with Crippen LogP contribution in [0.25, 0.3) is 0 Å². The highest BCUT2D eigenvalue weighted by atomic mass is 16.1. The Morgan fingerprint density at radius 3 is 2.52 bits per heavy atom. The van der Waals surface area contributed by atoms with Crippen molar-refractivity contribution in [2.45, 2.75) is 79.7 Å². The summed E-state index contributed by atoms with van der Waals surface area (Å²) in [4.78, 5) is 11.9. The Kier molecular flexibility index (Phi) is 3.78. The molecule has 0 unspecified atom stereocenters. The van der Waals surface area contributed by atoms with Crippen LogP contribution in [0.4, 0.5) is 0 Å². The number of hydrogen-bond acceptors (Lipinski definition) is 1. The first kappa shape index (κ1) is 17.6. The van der Waals surface area contributed by atoms with Crippen molar-refractivity contribution in [3.63, 3.8) is 0 Å². The highest BCUT2D eigenvalue weighted by molar-refractivity contribution is 5.89. The van der Waals surface area contributed by atoms with Crippen LogP contribution in [0.5, 0.6) is 0 Å². The van der Waals surface area contributed by atoms with E-state index in [1.165, 1.54) is 25.7 Å². The maximum Gasteiger partial charge on any atom is 0.243 e. The van der Waals surface area contributed by atoms with Crippen molar-refractivity contribution in [2.75, 3.05) is 0 Å². The molecule has 2 nitrogen and oxygen atoms in total. The van der Waals surface area contributed by atoms with E-state index >= 15 is 0 Å². The fraction of sp³-hybridized carbons (Fsp3) is 0.870. The second-order valence-electron chi connectivity index (χ2n) is 11.3. The molecule has 0 bridgehead atoms. The van der Waals surface area contributed by atoms with Crippen molar-refractivity contribution < 1.29 is 4.79 Å². The van der Waals surface area contributed by atoms with Gasteiger partial charge in [-0.15, -0.1) is 0 Å². The van der Waals surface area contributed by atoms with Crippen LogP contribution < -0.4 is 5.32 Å². The third kappa shape index (κ3) is 2.38. The first-order valence-corrected chi connectivity index (χ1v) is 10.6. The van der Waals surface area contributed by atoms with E-state index in [4.69, 9.17) is 0 Å². The lowest BCUT2D eigenvalue weighted by Gasteiger charge is -2.61. The number of carbonyl (C=O) groups is 1. The smallest absolute Gasteiger partial charge is 0.243 e. The van der Waals surface area contributed by atoms with E-state index in [0.717, 1.165) is 36.0 Å². The monoisotopic (exact) mass is 343 g/mol. The molecule has 3 saturated carbocycles. The zero-order valence-corrected chi connectivity index (χ0v) is 17.1. The van der Waals surface area contributed by atoms with E-state index in [1.807, 2.05) is 6.08 Å². The molecule has 1 aliphatic heterocycles. The maximum absolute atomic E-state index is 11.9. The van der Waals surface area contributed by atoms with Gasteiger partial charge in [-0.3, -0.25) is 4.79 Å². The number of hydrogen-bond donors (Lipinski definition) is 1. The molecule has 25 heavy (non-hydrogen) atoms. The quantitative estimate of drug-likeness (QED) is 0.644. The molecule has 1 N–H and O–H groups in total. The molecule has 1 heterocycles. The lowest BCUT2D eigenvalue weighted by molar-refractivity contribution is -0.127. The number of amides is 1. The summed E-state index contributed by atoms with van der Waals surface area (Å²) in [5, 5.41) is 3.30. The van der Waals surface area contributed by atoms with Gasteiger partial charge in [0, 0.05) is 11.5 Å². The molecular formula is C23H37NO. The van der Waals surface area contributed by atoms with Gasteiger partial charge >= 0.3 is 0 Å². The van der Waals surface area contributed by atoms with Crippen LogP contribution >= 0.6 is 0 Å². The average molecular weight is 344 g/mol. The summed E-state index contributed by atoms with van der Waals surface area (Å²) in [6.45, 7) is 14.9. The Hall–Kier alpha value is -0.790. The van der Waals surface area contributed by atoms with Gasteiger partial charge < -0.3 is 5.32 Å². The van der Waals surface area contributed by atoms with Crippen molar-refractivity contribution in [3.8, 4) is 0 Å². The third-order valence-electron chi connectivity index (χ3n) is 9.10. The largest absolute Gasteiger partial charge is 0.349 e. The van der Waals surface area contributed by atoms with E-state index in [2.05, 4.69) is 52.9 Å². The van der Waals surface area contributed by atoms with Crippen LogP contribution in [0, 0.1) is 45.8 Å². The normalized spacial score (nSPS) is 52.2. The number of rotatable bonds is 0. The van der Waals surface area contributed by atoms with E-state index in [1.54, 1.807) is 0 Å². The Labute approximate surface area is 154 Å². The van der Waals surface area contributed by atoms with Crippen molar-refractivity contribution in [3.05, 3.63) is 12.2 Å². The first-order chi connectivity index (χ1) is 11.6. The summed E-state index contributed by atoms with van der Waals surface area (Å²) in [6, 6.07) is 0.338. The van der Waals surface area contributed by atoms with E-state index in [0.29, 0.717) is 16.9 Å². The molecular weight excluding hydrogens is 306 g/mol. The summed E-state index contributed by atoms with van der Waals surface area (Å²) in [6.07, 6.45) is 10.8. The molecule has 0 aromatic carbocycles. The fourth-order valence-electron chi connectivity index (χ4n) is 8.11. The zero-order valence-electron chi connectivity index (χ0n) is 17.1. The summed E-state index contributed by atoms with van der Waals surface area (Å²) in [7, 11) is 0. The van der Waals surface area contributed by atoms with Crippen LogP contribution in [0.3, 0.4) is 0 Å². The lowest BCUT2D eigenvalue weighted by atomic mass is 9.45. The number of nitrogens with one attached hydrogen (secondary N) is 1. The number of carbonyl (C=O) groups excluding carboxylic acids is 1. The summed E-state index contributed by atoms with van der Waals surface area (Å²) in [5.41, 5.74) is 1.09. The fourth-order valence-corrected chi connectivity index (χ4v) is 8.11. The van der Waals surface area contributed by atoms with Crippen molar-refractivity contribution >= 4 is 5.91 Å². The van der Waals surface area contributed by atoms with Gasteiger partial charge in [0.15, 0.2) is 0 Å². The minimum Gasteiger partial charge on any atom is -0.349 e. The van der Waals surface area contributed by atoms with E-state index < -0.39 is 0 Å². The van der Waals surface area contributed by atoms with Gasteiger partial charge in [-0.25, -0.2) is 0 Å². The predicted octanol–water partition coefficient (Wildman–Crippen LogP) is 5.19. The summed E-state index contributed by atoms with van der Waals surface area (Å²) in [5.74, 6) is 4.11. The summed E-state index contributed by atoms with van der Waals surface area (Å²) >= 11 is 0. The molecule has 8 atom stereocenters. The van der Waals surface area contributed by atoms with E-state index in [-0.39, 0.29) is 11.3 Å². The molecule has 0 spiro atoms. The Morgan fingerprint density at radius 1 is 1.12 bits per heavy atom. The van der Waals surface area contributed by atoms with Gasteiger partial charge in [-0.05, 0) is 78.6 Å². The highest BCUT2D eigenvalue weighted by Crippen LogP contribution is 2.68. The first-order valence-electron chi connectivity index (χ1n) is 10.6. The molecule has 2 heteroatoms. The SMILES string of the molecule is C[C@H]1C[C@H]2NC(=O)C=C[C@]2(C)[C@H]2CC[C@]3(C)[C@@H](C(C)(C)C)CC[C@H]3[C@H]12. The molecule has 0 saturated heterocycles. The third-order valence-corrected chi connectivity index (χ3v) is 9.10. The molecule has 4 aliphatic rings. The van der Waals surface area contributed by atoms with Crippen LogP contribution in [0.15, 0.2) is 12.2 Å². The van der Waals surface area contributed by atoms with Gasteiger partial charge in [0.05, 0.1) is 0 Å². The molecule has 0 aromatic rings. The Bertz CT molecular complexity index is 602. The molecule has 140 valence electrons. The van der Waals surface area contributed by atoms with Crippen molar-refractivity contribution in [2.24, 2.45) is 45.8 Å². The van der Waals surface area contributed by atoms with Gasteiger partial charge in [0.25, 0.3) is 0 Å². The molecule has 1 amide bonds. The molecule has 3 fully saturated rings. The van der Waals surface area contributed by atoms with E-state index in [9.17, 15) is 4.79 Å². The molecule has 0 radical (unpaired) electrons. The number of fused-ring (bicyclic) bond motifs is 5. The molecule has 4 rings (SSSR count). The Balaban J connectivity index is 1.70. The zero-order chi connectivity index (χ0) is 18.2. The van der Waals surface area contributed by atoms with Gasteiger partial charge in [-0.1, -0.05) is 47.6 Å². The second-order valence-corrected chi connectivity index (χ2v) is 11.3. The van der Waals surface area contributed by atoms with Crippen LogP contribution in [0.2, 0.25) is 0 Å². The molecule has 3 aliphatic carbocycles. The second kappa shape index (κ2) is 5.36. The summed E-state index contributed by atoms with van der Waals surface area (Å²) < 4.78 is 0. The lowest BCUT2D eigenvalue weighted by Crippen LogP contribution is -2.61. The topological polar surface area (TPSA) is 29.1 Å². The van der Waals surface area contributed by atoms with Crippen LogP contribution in [-0.2, 0) is 4.79 Å². The van der Waals surface area contributed by atoms with Crippen molar-refractivity contribution in [1.29, 1.82) is 0 Å². The van der Waals surface area contributed by atoms with Gasteiger partial charge in [0.2, 0.25) is 5.91 Å². The van der Waals surface area contributed by atoms with Gasteiger partial charge in [0.1, 0.15) is 0 Å². The average Bonchev–Trinajstić information content (AvgIpc) is 2.86. The Morgan fingerprint density at radius 2 is 1.84 bits per heavy atom. The highest BCUT2D eigenvalue weighted by Gasteiger charge is 2.62. The van der Waals surface area contributed by atoms with Crippen LogP contribution in [-0.4, -0.2) is 11.9 Å². The van der Waals surface area contributed by atoms with Crippen molar-refractivity contribution in [1.82, 2.24) is 5.32 Å². The standard InChI is InChI=1S/C23H37NO/c1-14-13-18-23(6,12-10-19(25)24-18)16-9-11-22(5)15(20(14)16)7-8-17(22)21(2,3)4/h10,12,14-18,20H,7-9,11,13H2,1-6H3,(H,24,25)/t14-,15-,16-,17+,18+,20-,22-,23+/m0/s1. The minimum atomic E-state index is 0.113. The van der Waals surface area contributed by atoms with Gasteiger partial charge in [-0.2, -0.15) is 0 Å². The maximum atomic E-state index is 11.9.